The van der Waals surface area contributed by atoms with Crippen molar-refractivity contribution in [1.29, 1.82) is 0 Å². The van der Waals surface area contributed by atoms with E-state index in [-0.39, 0.29) is 17.8 Å². The van der Waals surface area contributed by atoms with Crippen LogP contribution in [-0.2, 0) is 4.79 Å². The van der Waals surface area contributed by atoms with E-state index in [9.17, 15) is 9.18 Å². The molecule has 3 nitrogen and oxygen atoms in total. The van der Waals surface area contributed by atoms with Crippen molar-refractivity contribution in [2.75, 3.05) is 18.5 Å². The van der Waals surface area contributed by atoms with Gasteiger partial charge in [-0.2, -0.15) is 0 Å². The number of carbonyl (C=O) groups excluding carboxylic acids is 1. The summed E-state index contributed by atoms with van der Waals surface area (Å²) in [4.78, 5) is 13.8. The molecule has 0 saturated carbocycles. The second-order valence-electron chi connectivity index (χ2n) is 4.41. The van der Waals surface area contributed by atoms with Crippen LogP contribution in [0, 0.1) is 12.7 Å². The maximum Gasteiger partial charge on any atom is 0.244 e. The molecule has 1 fully saturated rings. The highest BCUT2D eigenvalue weighted by Crippen LogP contribution is 2.23. The zero-order chi connectivity index (χ0) is 12.4. The molecular weight excluding hydrogens is 219 g/mol. The summed E-state index contributed by atoms with van der Waals surface area (Å²) in [5.74, 6) is -0.233. The summed E-state index contributed by atoms with van der Waals surface area (Å²) in [6, 6.07) is 4.80. The standard InChI is InChI=1S/C13H17FN2O/c1-9-5-6-10(8-11(9)14)16-7-3-4-12(15-2)13(16)17/h5-6,8,12,15H,3-4,7H2,1-2H3. The van der Waals surface area contributed by atoms with Crippen LogP contribution in [0.15, 0.2) is 18.2 Å². The van der Waals surface area contributed by atoms with Crippen LogP contribution < -0.4 is 10.2 Å². The number of hydrogen-bond acceptors (Lipinski definition) is 2. The summed E-state index contributed by atoms with van der Waals surface area (Å²) in [5.41, 5.74) is 1.25. The average Bonchev–Trinajstić information content (AvgIpc) is 2.33. The molecule has 1 saturated heterocycles. The Balaban J connectivity index is 2.26. The van der Waals surface area contributed by atoms with Gasteiger partial charge in [0.25, 0.3) is 0 Å². The molecule has 17 heavy (non-hydrogen) atoms. The molecule has 1 aromatic carbocycles. The predicted octanol–water partition coefficient (Wildman–Crippen LogP) is 1.85. The molecule has 2 rings (SSSR count). The number of benzene rings is 1. The normalized spacial score (nSPS) is 20.8. The van der Waals surface area contributed by atoms with Gasteiger partial charge in [0.15, 0.2) is 0 Å². The third kappa shape index (κ3) is 2.31. The third-order valence-electron chi connectivity index (χ3n) is 3.25. The van der Waals surface area contributed by atoms with E-state index < -0.39 is 0 Å². The van der Waals surface area contributed by atoms with Gasteiger partial charge in [0.1, 0.15) is 5.82 Å². The van der Waals surface area contributed by atoms with Gasteiger partial charge in [-0.05, 0) is 44.5 Å². The van der Waals surface area contributed by atoms with Gasteiger partial charge in [-0.1, -0.05) is 6.07 Å². The molecule has 0 aliphatic carbocycles. The first-order valence-corrected chi connectivity index (χ1v) is 5.88. The van der Waals surface area contributed by atoms with E-state index in [1.165, 1.54) is 6.07 Å². The van der Waals surface area contributed by atoms with Gasteiger partial charge in [0.05, 0.1) is 6.04 Å². The quantitative estimate of drug-likeness (QED) is 0.850. The summed E-state index contributed by atoms with van der Waals surface area (Å²) in [6.07, 6.45) is 1.78. The Bertz CT molecular complexity index is 433. The topological polar surface area (TPSA) is 32.3 Å². The Hall–Kier alpha value is -1.42. The predicted molar refractivity (Wildman–Crippen MR) is 65.6 cm³/mol. The molecule has 1 unspecified atom stereocenters. The van der Waals surface area contributed by atoms with E-state index in [1.807, 2.05) is 0 Å². The first kappa shape index (κ1) is 12.0. The number of piperidine rings is 1. The molecule has 0 spiro atoms. The summed E-state index contributed by atoms with van der Waals surface area (Å²) in [7, 11) is 1.78. The van der Waals surface area contributed by atoms with Crippen molar-refractivity contribution in [2.45, 2.75) is 25.8 Å². The van der Waals surface area contributed by atoms with Crippen molar-refractivity contribution >= 4 is 11.6 Å². The fourth-order valence-electron chi connectivity index (χ4n) is 2.15. The van der Waals surface area contributed by atoms with Crippen molar-refractivity contribution in [3.8, 4) is 0 Å². The van der Waals surface area contributed by atoms with E-state index >= 15 is 0 Å². The number of likely N-dealkylation sites (N-methyl/N-ethyl adjacent to an activating group) is 1. The van der Waals surface area contributed by atoms with Gasteiger partial charge in [-0.25, -0.2) is 4.39 Å². The molecular formula is C13H17FN2O. The number of anilines is 1. The number of nitrogens with zero attached hydrogens (tertiary/aromatic N) is 1. The molecule has 1 N–H and O–H groups in total. The Morgan fingerprint density at radius 3 is 2.88 bits per heavy atom. The lowest BCUT2D eigenvalue weighted by Crippen LogP contribution is -2.49. The van der Waals surface area contributed by atoms with E-state index in [4.69, 9.17) is 0 Å². The number of halogens is 1. The minimum Gasteiger partial charge on any atom is -0.311 e. The highest BCUT2D eigenvalue weighted by Gasteiger charge is 2.28. The van der Waals surface area contributed by atoms with Gasteiger partial charge in [-0.15, -0.1) is 0 Å². The first-order valence-electron chi connectivity index (χ1n) is 5.88. The second kappa shape index (κ2) is 4.84. The Labute approximate surface area is 101 Å². The number of aryl methyl sites for hydroxylation is 1. The first-order chi connectivity index (χ1) is 8.13. The van der Waals surface area contributed by atoms with Crippen molar-refractivity contribution in [3.05, 3.63) is 29.6 Å². The molecule has 0 bridgehead atoms. The van der Waals surface area contributed by atoms with E-state index in [1.54, 1.807) is 31.0 Å². The second-order valence-corrected chi connectivity index (χ2v) is 4.41. The van der Waals surface area contributed by atoms with Gasteiger partial charge < -0.3 is 10.2 Å². The largest absolute Gasteiger partial charge is 0.311 e. The molecule has 1 heterocycles. The zero-order valence-electron chi connectivity index (χ0n) is 10.2. The van der Waals surface area contributed by atoms with Crippen LogP contribution in [0.3, 0.4) is 0 Å². The SMILES string of the molecule is CNC1CCCN(c2ccc(C)c(F)c2)C1=O. The van der Waals surface area contributed by atoms with Crippen molar-refractivity contribution in [2.24, 2.45) is 0 Å². The summed E-state index contributed by atoms with van der Waals surface area (Å²) in [6.45, 7) is 2.38. The van der Waals surface area contributed by atoms with Crippen molar-refractivity contribution in [3.63, 3.8) is 0 Å². The fourth-order valence-corrected chi connectivity index (χ4v) is 2.15. The lowest BCUT2D eigenvalue weighted by atomic mass is 10.0. The average molecular weight is 236 g/mol. The van der Waals surface area contributed by atoms with Gasteiger partial charge in [0.2, 0.25) is 5.91 Å². The number of carbonyl (C=O) groups is 1. The zero-order valence-corrected chi connectivity index (χ0v) is 10.2. The molecule has 1 aliphatic rings. The van der Waals surface area contributed by atoms with Gasteiger partial charge >= 0.3 is 0 Å². The minimum absolute atomic E-state index is 0.0296. The summed E-state index contributed by atoms with van der Waals surface area (Å²) >= 11 is 0. The molecule has 4 heteroatoms. The summed E-state index contributed by atoms with van der Waals surface area (Å²) in [5, 5.41) is 2.99. The van der Waals surface area contributed by atoms with Gasteiger partial charge in [0, 0.05) is 12.2 Å². The molecule has 1 amide bonds. The van der Waals surface area contributed by atoms with Crippen LogP contribution in [0.25, 0.3) is 0 Å². The van der Waals surface area contributed by atoms with Crippen molar-refractivity contribution < 1.29 is 9.18 Å². The third-order valence-corrected chi connectivity index (χ3v) is 3.25. The molecule has 1 aliphatic heterocycles. The van der Waals surface area contributed by atoms with E-state index in [0.29, 0.717) is 17.8 Å². The van der Waals surface area contributed by atoms with Crippen LogP contribution in [0.5, 0.6) is 0 Å². The van der Waals surface area contributed by atoms with Crippen LogP contribution in [0.1, 0.15) is 18.4 Å². The molecule has 92 valence electrons. The van der Waals surface area contributed by atoms with E-state index in [0.717, 1.165) is 12.8 Å². The smallest absolute Gasteiger partial charge is 0.244 e. The Morgan fingerprint density at radius 1 is 1.47 bits per heavy atom. The summed E-state index contributed by atoms with van der Waals surface area (Å²) < 4.78 is 13.5. The van der Waals surface area contributed by atoms with Crippen LogP contribution in [0.4, 0.5) is 10.1 Å². The Kier molecular flexibility index (Phi) is 3.43. The number of nitrogens with one attached hydrogen (secondary N) is 1. The fraction of sp³-hybridized carbons (Fsp3) is 0.462. The highest BCUT2D eigenvalue weighted by atomic mass is 19.1. The molecule has 0 radical (unpaired) electrons. The van der Waals surface area contributed by atoms with E-state index in [2.05, 4.69) is 5.32 Å². The monoisotopic (exact) mass is 236 g/mol. The lowest BCUT2D eigenvalue weighted by Gasteiger charge is -2.32. The van der Waals surface area contributed by atoms with Crippen LogP contribution in [-0.4, -0.2) is 25.5 Å². The van der Waals surface area contributed by atoms with Crippen LogP contribution >= 0.6 is 0 Å². The molecule has 0 aromatic heterocycles. The number of amides is 1. The molecule has 1 aromatic rings. The maximum absolute atomic E-state index is 13.5. The highest BCUT2D eigenvalue weighted by molar-refractivity contribution is 5.97. The van der Waals surface area contributed by atoms with Crippen molar-refractivity contribution in [1.82, 2.24) is 5.32 Å². The van der Waals surface area contributed by atoms with Gasteiger partial charge in [-0.3, -0.25) is 4.79 Å². The molecule has 1 atom stereocenters. The number of hydrogen-bond donors (Lipinski definition) is 1. The number of rotatable bonds is 2. The van der Waals surface area contributed by atoms with Crippen LogP contribution in [0.2, 0.25) is 0 Å². The lowest BCUT2D eigenvalue weighted by molar-refractivity contribution is -0.121. The minimum atomic E-state index is -0.262. The Morgan fingerprint density at radius 2 is 2.24 bits per heavy atom. The maximum atomic E-state index is 13.5.